The van der Waals surface area contributed by atoms with Crippen LogP contribution in [-0.4, -0.2) is 31.9 Å². The predicted molar refractivity (Wildman–Crippen MR) is 101 cm³/mol. The van der Waals surface area contributed by atoms with Crippen LogP contribution in [0.4, 0.5) is 10.5 Å². The number of amides is 2. The van der Waals surface area contributed by atoms with Gasteiger partial charge < -0.3 is 10.2 Å². The second kappa shape index (κ2) is 6.36. The fraction of sp³-hybridized carbons (Fsp3) is 0.600. The first kappa shape index (κ1) is 16.4. The number of rotatable bonds is 4. The molecule has 5 heteroatoms. The molecule has 0 spiro atoms. The Balaban J connectivity index is 1.32. The Labute approximate surface area is 149 Å². The summed E-state index contributed by atoms with van der Waals surface area (Å²) >= 11 is 0. The smallest absolute Gasteiger partial charge is 0.335 e. The number of urea groups is 1. The molecule has 0 heterocycles. The number of hydrogen-bond acceptors (Lipinski definition) is 3. The number of nitrogens with one attached hydrogen (secondary N) is 2. The molecule has 0 saturated heterocycles. The number of carbonyl (C=O) groups is 1. The second-order valence-electron chi connectivity index (χ2n) is 8.51. The van der Waals surface area contributed by atoms with Crippen LogP contribution >= 0.6 is 0 Å². The van der Waals surface area contributed by atoms with Crippen molar-refractivity contribution in [2.24, 2.45) is 22.9 Å². The third-order valence-electron chi connectivity index (χ3n) is 6.21. The van der Waals surface area contributed by atoms with Crippen LogP contribution in [0, 0.1) is 17.8 Å². The molecule has 134 valence electrons. The molecule has 1 aromatic carbocycles. The summed E-state index contributed by atoms with van der Waals surface area (Å²) in [4.78, 5) is 14.4. The zero-order valence-electron chi connectivity index (χ0n) is 15.2. The molecule has 0 atom stereocenters. The Kier molecular flexibility index (Phi) is 4.18. The van der Waals surface area contributed by atoms with Gasteiger partial charge in [-0.3, -0.25) is 0 Å². The summed E-state index contributed by atoms with van der Waals surface area (Å²) in [5, 5.41) is 7.38. The van der Waals surface area contributed by atoms with Gasteiger partial charge in [-0.05, 0) is 74.0 Å². The Morgan fingerprint density at radius 3 is 2.16 bits per heavy atom. The minimum absolute atomic E-state index is 0.0295. The van der Waals surface area contributed by atoms with Crippen LogP contribution in [0.3, 0.4) is 0 Å². The van der Waals surface area contributed by atoms with E-state index in [-0.39, 0.29) is 11.6 Å². The summed E-state index contributed by atoms with van der Waals surface area (Å²) in [5.74, 6) is 2.47. The summed E-state index contributed by atoms with van der Waals surface area (Å²) in [6.45, 7) is 0. The number of benzene rings is 1. The molecular weight excluding hydrogens is 312 g/mol. The Bertz CT molecular complexity index is 629. The van der Waals surface area contributed by atoms with Gasteiger partial charge in [-0.25, -0.2) is 10.2 Å². The number of anilines is 1. The first-order chi connectivity index (χ1) is 12.0. The van der Waals surface area contributed by atoms with Gasteiger partial charge in [0.05, 0.1) is 6.21 Å². The van der Waals surface area contributed by atoms with Crippen molar-refractivity contribution in [3.8, 4) is 0 Å². The van der Waals surface area contributed by atoms with Crippen LogP contribution in [0.5, 0.6) is 0 Å². The molecule has 0 radical (unpaired) electrons. The minimum Gasteiger partial charge on any atom is -0.378 e. The summed E-state index contributed by atoms with van der Waals surface area (Å²) in [6.07, 6.45) is 9.29. The van der Waals surface area contributed by atoms with Crippen LogP contribution < -0.4 is 15.6 Å². The van der Waals surface area contributed by atoms with E-state index in [1.165, 1.54) is 19.3 Å². The monoisotopic (exact) mass is 340 g/mol. The van der Waals surface area contributed by atoms with Crippen molar-refractivity contribution in [1.82, 2.24) is 10.7 Å². The largest absolute Gasteiger partial charge is 0.378 e. The highest BCUT2D eigenvalue weighted by molar-refractivity contribution is 5.82. The third-order valence-corrected chi connectivity index (χ3v) is 6.21. The molecule has 4 fully saturated rings. The highest BCUT2D eigenvalue weighted by Crippen LogP contribution is 2.55. The van der Waals surface area contributed by atoms with E-state index in [1.54, 1.807) is 6.21 Å². The topological polar surface area (TPSA) is 56.7 Å². The van der Waals surface area contributed by atoms with E-state index in [9.17, 15) is 4.79 Å². The number of carbonyl (C=O) groups excluding carboxylic acids is 1. The Morgan fingerprint density at radius 1 is 1.08 bits per heavy atom. The lowest BCUT2D eigenvalue weighted by atomic mass is 9.53. The zero-order valence-corrected chi connectivity index (χ0v) is 15.2. The van der Waals surface area contributed by atoms with Gasteiger partial charge in [-0.1, -0.05) is 12.1 Å². The van der Waals surface area contributed by atoms with Gasteiger partial charge in [0.25, 0.3) is 0 Å². The molecule has 4 saturated carbocycles. The average molecular weight is 340 g/mol. The molecular formula is C20H28N4O. The van der Waals surface area contributed by atoms with Crippen molar-refractivity contribution in [2.45, 2.75) is 44.1 Å². The number of hydrogen-bond donors (Lipinski definition) is 2. The van der Waals surface area contributed by atoms with Gasteiger partial charge in [0.15, 0.2) is 0 Å². The van der Waals surface area contributed by atoms with Crippen molar-refractivity contribution in [3.63, 3.8) is 0 Å². The predicted octanol–water partition coefficient (Wildman–Crippen LogP) is 3.35. The highest BCUT2D eigenvalue weighted by Gasteiger charge is 2.51. The van der Waals surface area contributed by atoms with Gasteiger partial charge in [-0.15, -0.1) is 0 Å². The van der Waals surface area contributed by atoms with Crippen molar-refractivity contribution < 1.29 is 4.79 Å². The average Bonchev–Trinajstić information content (AvgIpc) is 2.53. The van der Waals surface area contributed by atoms with Crippen LogP contribution in [0.25, 0.3) is 0 Å². The van der Waals surface area contributed by atoms with E-state index < -0.39 is 0 Å². The van der Waals surface area contributed by atoms with E-state index in [0.29, 0.717) is 0 Å². The van der Waals surface area contributed by atoms with Crippen molar-refractivity contribution in [1.29, 1.82) is 0 Å². The van der Waals surface area contributed by atoms with Crippen molar-refractivity contribution >= 4 is 17.9 Å². The fourth-order valence-corrected chi connectivity index (χ4v) is 5.56. The number of nitrogens with zero attached hydrogens (tertiary/aromatic N) is 2. The van der Waals surface area contributed by atoms with Gasteiger partial charge in [0.1, 0.15) is 0 Å². The van der Waals surface area contributed by atoms with Crippen LogP contribution in [0.1, 0.15) is 44.1 Å². The molecule has 0 aromatic heterocycles. The Hall–Kier alpha value is -2.04. The molecule has 5 nitrogen and oxygen atoms in total. The third kappa shape index (κ3) is 3.51. The molecule has 1 aromatic rings. The van der Waals surface area contributed by atoms with Gasteiger partial charge >= 0.3 is 6.03 Å². The molecule has 4 aliphatic carbocycles. The van der Waals surface area contributed by atoms with Crippen molar-refractivity contribution in [3.05, 3.63) is 29.8 Å². The lowest BCUT2D eigenvalue weighted by molar-refractivity contribution is -0.0135. The first-order valence-corrected chi connectivity index (χ1v) is 9.40. The van der Waals surface area contributed by atoms with Gasteiger partial charge in [-0.2, -0.15) is 5.10 Å². The molecule has 4 bridgehead atoms. The highest BCUT2D eigenvalue weighted by atomic mass is 16.2. The molecule has 4 aliphatic rings. The first-order valence-electron chi connectivity index (χ1n) is 9.40. The SMILES string of the molecule is CN(C)c1ccc(/C=N/NC(=O)NC23CC4CC(CC(C4)C2)C3)cc1. The van der Waals surface area contributed by atoms with Crippen LogP contribution in [0.2, 0.25) is 0 Å². The lowest BCUT2D eigenvalue weighted by Crippen LogP contribution is -2.61. The molecule has 0 unspecified atom stereocenters. The van der Waals surface area contributed by atoms with Crippen LogP contribution in [0.15, 0.2) is 29.4 Å². The summed E-state index contributed by atoms with van der Waals surface area (Å²) in [7, 11) is 4.03. The quantitative estimate of drug-likeness (QED) is 0.652. The summed E-state index contributed by atoms with van der Waals surface area (Å²) in [5.41, 5.74) is 4.80. The van der Waals surface area contributed by atoms with Crippen LogP contribution in [-0.2, 0) is 0 Å². The summed E-state index contributed by atoms with van der Waals surface area (Å²) in [6, 6.07) is 7.91. The maximum Gasteiger partial charge on any atom is 0.335 e. The molecule has 25 heavy (non-hydrogen) atoms. The van der Waals surface area contributed by atoms with E-state index in [4.69, 9.17) is 0 Å². The second-order valence-corrected chi connectivity index (χ2v) is 8.51. The Morgan fingerprint density at radius 2 is 1.64 bits per heavy atom. The maximum atomic E-state index is 12.3. The van der Waals surface area contributed by atoms with E-state index >= 15 is 0 Å². The molecule has 0 aliphatic heterocycles. The van der Waals surface area contributed by atoms with Gasteiger partial charge in [0, 0.05) is 25.3 Å². The lowest BCUT2D eigenvalue weighted by Gasteiger charge is -2.56. The van der Waals surface area contributed by atoms with E-state index in [0.717, 1.165) is 48.3 Å². The summed E-state index contributed by atoms with van der Waals surface area (Å²) < 4.78 is 0. The molecule has 5 rings (SSSR count). The minimum atomic E-state index is -0.164. The van der Waals surface area contributed by atoms with E-state index in [1.807, 2.05) is 38.4 Å². The maximum absolute atomic E-state index is 12.3. The van der Waals surface area contributed by atoms with Gasteiger partial charge in [0.2, 0.25) is 0 Å². The normalized spacial score (nSPS) is 32.8. The fourth-order valence-electron chi connectivity index (χ4n) is 5.56. The zero-order chi connectivity index (χ0) is 17.4. The standard InChI is InChI=1S/C20H28N4O/c1-24(2)18-5-3-14(4-6-18)13-21-23-19(25)22-20-10-15-7-16(11-20)9-17(8-15)12-20/h3-6,13,15-17H,7-12H2,1-2H3,(H2,22,23,25)/b21-13+. The van der Waals surface area contributed by atoms with Crippen molar-refractivity contribution in [2.75, 3.05) is 19.0 Å². The molecule has 2 N–H and O–H groups in total. The number of hydrazone groups is 1. The van der Waals surface area contributed by atoms with E-state index in [2.05, 4.69) is 20.7 Å². The molecule has 2 amide bonds.